The lowest BCUT2D eigenvalue weighted by Crippen LogP contribution is -2.47. The fourth-order valence-corrected chi connectivity index (χ4v) is 2.77. The summed E-state index contributed by atoms with van der Waals surface area (Å²) < 4.78 is 0. The molecule has 0 bridgehead atoms. The van der Waals surface area contributed by atoms with E-state index in [1.165, 1.54) is 38.9 Å². The van der Waals surface area contributed by atoms with Crippen LogP contribution in [0, 0.1) is 11.8 Å². The predicted molar refractivity (Wildman–Crippen MR) is 76.4 cm³/mol. The molecule has 0 spiro atoms. The zero-order chi connectivity index (χ0) is 12.8. The lowest BCUT2D eigenvalue weighted by Gasteiger charge is -2.38. The van der Waals surface area contributed by atoms with Gasteiger partial charge in [-0.15, -0.1) is 0 Å². The standard InChI is InChI=1S/C15H32N2/c1-6-13(4)14(5)17-9-8-15(7-2)16-10-12(3)11-17/h12-16H,6-11H2,1-5H3. The van der Waals surface area contributed by atoms with E-state index >= 15 is 0 Å². The third-order valence-electron chi connectivity index (χ3n) is 4.60. The second-order valence-corrected chi connectivity index (χ2v) is 6.03. The van der Waals surface area contributed by atoms with Crippen LogP contribution in [0.4, 0.5) is 0 Å². The van der Waals surface area contributed by atoms with Crippen molar-refractivity contribution in [3.05, 3.63) is 0 Å². The first-order chi connectivity index (χ1) is 8.08. The van der Waals surface area contributed by atoms with Crippen molar-refractivity contribution < 1.29 is 0 Å². The van der Waals surface area contributed by atoms with Crippen LogP contribution in [0.25, 0.3) is 0 Å². The first-order valence-corrected chi connectivity index (χ1v) is 7.55. The summed E-state index contributed by atoms with van der Waals surface area (Å²) in [6.45, 7) is 15.5. The molecule has 1 aliphatic rings. The smallest absolute Gasteiger partial charge is 0.00925 e. The lowest BCUT2D eigenvalue weighted by molar-refractivity contribution is 0.118. The van der Waals surface area contributed by atoms with E-state index in [0.29, 0.717) is 0 Å². The van der Waals surface area contributed by atoms with Gasteiger partial charge in [0.15, 0.2) is 0 Å². The van der Waals surface area contributed by atoms with Gasteiger partial charge in [-0.3, -0.25) is 0 Å². The highest BCUT2D eigenvalue weighted by Gasteiger charge is 2.23. The molecule has 0 aromatic heterocycles. The molecule has 102 valence electrons. The number of hydrogen-bond donors (Lipinski definition) is 1. The van der Waals surface area contributed by atoms with Gasteiger partial charge >= 0.3 is 0 Å². The van der Waals surface area contributed by atoms with E-state index in [-0.39, 0.29) is 0 Å². The number of hydrogen-bond acceptors (Lipinski definition) is 2. The van der Waals surface area contributed by atoms with Crippen LogP contribution >= 0.6 is 0 Å². The summed E-state index contributed by atoms with van der Waals surface area (Å²) >= 11 is 0. The van der Waals surface area contributed by atoms with Crippen LogP contribution in [-0.2, 0) is 0 Å². The van der Waals surface area contributed by atoms with Crippen molar-refractivity contribution in [3.63, 3.8) is 0 Å². The summed E-state index contributed by atoms with van der Waals surface area (Å²) in [5.74, 6) is 1.59. The SMILES string of the molecule is CCC1CCN(C(C)C(C)CC)CC(C)CN1. The van der Waals surface area contributed by atoms with E-state index in [1.807, 2.05) is 0 Å². The molecule has 0 aromatic rings. The predicted octanol–water partition coefficient (Wildman–Crippen LogP) is 3.13. The molecule has 0 radical (unpaired) electrons. The van der Waals surface area contributed by atoms with Gasteiger partial charge in [0.25, 0.3) is 0 Å². The van der Waals surface area contributed by atoms with Crippen LogP contribution in [0.1, 0.15) is 53.9 Å². The molecule has 0 aromatic carbocycles. The molecule has 1 fully saturated rings. The molecule has 1 rings (SSSR count). The summed E-state index contributed by atoms with van der Waals surface area (Å²) in [6, 6.07) is 1.46. The summed E-state index contributed by atoms with van der Waals surface area (Å²) in [7, 11) is 0. The van der Waals surface area contributed by atoms with Crippen molar-refractivity contribution in [3.8, 4) is 0 Å². The summed E-state index contributed by atoms with van der Waals surface area (Å²) in [6.07, 6.45) is 3.86. The molecule has 4 unspecified atom stereocenters. The first-order valence-electron chi connectivity index (χ1n) is 7.55. The van der Waals surface area contributed by atoms with Gasteiger partial charge in [0.2, 0.25) is 0 Å². The Bertz CT molecular complexity index is 205. The average molecular weight is 240 g/mol. The van der Waals surface area contributed by atoms with Gasteiger partial charge in [-0.05, 0) is 44.7 Å². The summed E-state index contributed by atoms with van der Waals surface area (Å²) in [4.78, 5) is 2.72. The maximum atomic E-state index is 3.70. The van der Waals surface area contributed by atoms with Gasteiger partial charge in [-0.1, -0.05) is 34.1 Å². The minimum absolute atomic E-state index is 0.726. The first kappa shape index (κ1) is 15.0. The highest BCUT2D eigenvalue weighted by atomic mass is 15.2. The van der Waals surface area contributed by atoms with E-state index in [1.54, 1.807) is 0 Å². The molecule has 17 heavy (non-hydrogen) atoms. The van der Waals surface area contributed by atoms with Gasteiger partial charge < -0.3 is 10.2 Å². The second kappa shape index (κ2) is 7.38. The highest BCUT2D eigenvalue weighted by Crippen LogP contribution is 2.18. The molecule has 0 amide bonds. The molecule has 1 heterocycles. The van der Waals surface area contributed by atoms with Crippen molar-refractivity contribution >= 4 is 0 Å². The normalized spacial score (nSPS) is 31.6. The molecular weight excluding hydrogens is 208 g/mol. The van der Waals surface area contributed by atoms with Crippen LogP contribution in [0.3, 0.4) is 0 Å². The molecule has 2 heteroatoms. The zero-order valence-corrected chi connectivity index (χ0v) is 12.5. The van der Waals surface area contributed by atoms with Crippen LogP contribution < -0.4 is 5.32 Å². The topological polar surface area (TPSA) is 15.3 Å². The van der Waals surface area contributed by atoms with E-state index in [9.17, 15) is 0 Å². The highest BCUT2D eigenvalue weighted by molar-refractivity contribution is 4.80. The van der Waals surface area contributed by atoms with Crippen LogP contribution in [0.5, 0.6) is 0 Å². The third-order valence-corrected chi connectivity index (χ3v) is 4.60. The second-order valence-electron chi connectivity index (χ2n) is 6.03. The monoisotopic (exact) mass is 240 g/mol. The number of nitrogens with one attached hydrogen (secondary N) is 1. The fraction of sp³-hybridized carbons (Fsp3) is 1.00. The number of nitrogens with zero attached hydrogens (tertiary/aromatic N) is 1. The number of rotatable bonds is 4. The Hall–Kier alpha value is -0.0800. The molecule has 0 aliphatic carbocycles. The van der Waals surface area contributed by atoms with Crippen molar-refractivity contribution in [2.24, 2.45) is 11.8 Å². The van der Waals surface area contributed by atoms with E-state index < -0.39 is 0 Å². The minimum Gasteiger partial charge on any atom is -0.314 e. The fourth-order valence-electron chi connectivity index (χ4n) is 2.77. The van der Waals surface area contributed by atoms with Crippen LogP contribution in [0.2, 0.25) is 0 Å². The van der Waals surface area contributed by atoms with E-state index in [2.05, 4.69) is 44.8 Å². The molecule has 4 atom stereocenters. The Morgan fingerprint density at radius 1 is 1.29 bits per heavy atom. The maximum absolute atomic E-state index is 3.70. The maximum Gasteiger partial charge on any atom is 0.00925 e. The van der Waals surface area contributed by atoms with Gasteiger partial charge in [0.1, 0.15) is 0 Å². The molecule has 1 N–H and O–H groups in total. The molecular formula is C15H32N2. The van der Waals surface area contributed by atoms with Crippen molar-refractivity contribution in [2.75, 3.05) is 19.6 Å². The summed E-state index contributed by atoms with van der Waals surface area (Å²) in [5, 5.41) is 3.70. The van der Waals surface area contributed by atoms with Crippen molar-refractivity contribution in [2.45, 2.75) is 66.0 Å². The Balaban J connectivity index is 2.57. The van der Waals surface area contributed by atoms with E-state index in [0.717, 1.165) is 23.9 Å². The molecule has 1 aliphatic heterocycles. The minimum atomic E-state index is 0.726. The Morgan fingerprint density at radius 3 is 2.59 bits per heavy atom. The average Bonchev–Trinajstić information content (AvgIpc) is 2.32. The van der Waals surface area contributed by atoms with E-state index in [4.69, 9.17) is 0 Å². The zero-order valence-electron chi connectivity index (χ0n) is 12.5. The Kier molecular flexibility index (Phi) is 6.50. The Morgan fingerprint density at radius 2 is 2.00 bits per heavy atom. The van der Waals surface area contributed by atoms with Gasteiger partial charge in [0.05, 0.1) is 0 Å². The quantitative estimate of drug-likeness (QED) is 0.812. The van der Waals surface area contributed by atoms with Crippen molar-refractivity contribution in [1.82, 2.24) is 10.2 Å². The summed E-state index contributed by atoms with van der Waals surface area (Å²) in [5.41, 5.74) is 0. The van der Waals surface area contributed by atoms with Crippen molar-refractivity contribution in [1.29, 1.82) is 0 Å². The van der Waals surface area contributed by atoms with Crippen LogP contribution in [0.15, 0.2) is 0 Å². The van der Waals surface area contributed by atoms with Gasteiger partial charge in [-0.2, -0.15) is 0 Å². The van der Waals surface area contributed by atoms with Gasteiger partial charge in [-0.25, -0.2) is 0 Å². The van der Waals surface area contributed by atoms with Crippen LogP contribution in [-0.4, -0.2) is 36.6 Å². The lowest BCUT2D eigenvalue weighted by atomic mass is 9.96. The largest absolute Gasteiger partial charge is 0.314 e. The molecule has 0 saturated carbocycles. The van der Waals surface area contributed by atoms with Gasteiger partial charge in [0, 0.05) is 18.6 Å². The Labute approximate surface area is 108 Å². The third kappa shape index (κ3) is 4.59. The molecule has 2 nitrogen and oxygen atoms in total. The molecule has 1 saturated heterocycles.